The third kappa shape index (κ3) is 6.37. The maximum atomic E-state index is 13.9. The molecule has 1 fully saturated rings. The zero-order chi connectivity index (χ0) is 30.2. The molecule has 1 atom stereocenters. The summed E-state index contributed by atoms with van der Waals surface area (Å²) in [6, 6.07) is 10.8. The minimum absolute atomic E-state index is 0.000575. The van der Waals surface area contributed by atoms with Crippen molar-refractivity contribution >= 4 is 34.4 Å². The second-order valence-corrected chi connectivity index (χ2v) is 11.1. The first-order valence-electron chi connectivity index (χ1n) is 13.4. The molecule has 0 bridgehead atoms. The molecule has 42 heavy (non-hydrogen) atoms. The summed E-state index contributed by atoms with van der Waals surface area (Å²) in [5.41, 5.74) is -0.546. The van der Waals surface area contributed by atoms with Crippen molar-refractivity contribution in [2.24, 2.45) is 0 Å². The van der Waals surface area contributed by atoms with Crippen molar-refractivity contribution in [1.29, 1.82) is 0 Å². The monoisotopic (exact) mass is 583 g/mol. The fourth-order valence-electron chi connectivity index (χ4n) is 4.95. The molecule has 0 aliphatic carbocycles. The first-order chi connectivity index (χ1) is 19.8. The molecule has 12 heteroatoms. The third-order valence-electron chi connectivity index (χ3n) is 6.76. The number of aromatic nitrogens is 3. The first kappa shape index (κ1) is 29.0. The smallest absolute Gasteiger partial charge is 0.417 e. The molecule has 220 valence electrons. The zero-order valence-corrected chi connectivity index (χ0v) is 23.2. The highest BCUT2D eigenvalue weighted by Crippen LogP contribution is 2.32. The van der Waals surface area contributed by atoms with Gasteiger partial charge < -0.3 is 19.5 Å². The summed E-state index contributed by atoms with van der Waals surface area (Å²) in [6.45, 7) is 6.05. The van der Waals surface area contributed by atoms with Crippen molar-refractivity contribution in [2.45, 2.75) is 58.0 Å². The number of amides is 1. The topological polar surface area (TPSA) is 89.4 Å². The van der Waals surface area contributed by atoms with Crippen LogP contribution in [-0.2, 0) is 22.3 Å². The van der Waals surface area contributed by atoms with Gasteiger partial charge in [-0.3, -0.25) is 4.79 Å². The predicted molar refractivity (Wildman–Crippen MR) is 149 cm³/mol. The van der Waals surface area contributed by atoms with Crippen molar-refractivity contribution in [3.8, 4) is 0 Å². The lowest BCUT2D eigenvalue weighted by molar-refractivity contribution is -0.156. The molecule has 3 aromatic heterocycles. The molecule has 1 N–H and O–H groups in total. The van der Waals surface area contributed by atoms with E-state index < -0.39 is 35.1 Å². The van der Waals surface area contributed by atoms with Crippen LogP contribution in [0.5, 0.6) is 0 Å². The number of hydrogen-bond acceptors (Lipinski definition) is 6. The molecule has 0 spiro atoms. The van der Waals surface area contributed by atoms with Gasteiger partial charge in [0.05, 0.1) is 17.4 Å². The molecular weight excluding hydrogens is 554 g/mol. The number of alkyl halides is 3. The second-order valence-electron chi connectivity index (χ2n) is 11.1. The standard InChI is InChI=1S/C30H29F4N5O3/c1-29(2,3)42-28(41)23-8-5-11-38(23)25-10-9-22(16-35-25)37-27(40)24-14-19-13-20(30(32,33)34)15-36-26(19)39(24)17-18-6-4-7-21(31)12-18/h4,6-7,9-10,12-16,23H,5,8,11,17H2,1-3H3,(H,37,40). The summed E-state index contributed by atoms with van der Waals surface area (Å²) in [5, 5.41) is 2.84. The van der Waals surface area contributed by atoms with Crippen LogP contribution in [0.1, 0.15) is 55.2 Å². The van der Waals surface area contributed by atoms with Crippen LogP contribution in [0, 0.1) is 5.82 Å². The number of pyridine rings is 2. The quantitative estimate of drug-likeness (QED) is 0.215. The van der Waals surface area contributed by atoms with E-state index in [0.29, 0.717) is 36.2 Å². The average Bonchev–Trinajstić information content (AvgIpc) is 3.53. The maximum absolute atomic E-state index is 13.9. The molecule has 4 heterocycles. The van der Waals surface area contributed by atoms with Crippen molar-refractivity contribution < 1.29 is 31.9 Å². The minimum Gasteiger partial charge on any atom is -0.458 e. The highest BCUT2D eigenvalue weighted by molar-refractivity contribution is 6.06. The van der Waals surface area contributed by atoms with Crippen molar-refractivity contribution in [2.75, 3.05) is 16.8 Å². The Balaban J connectivity index is 1.40. The van der Waals surface area contributed by atoms with Gasteiger partial charge in [0.25, 0.3) is 5.91 Å². The van der Waals surface area contributed by atoms with E-state index in [1.54, 1.807) is 18.2 Å². The Morgan fingerprint density at radius 1 is 1.05 bits per heavy atom. The highest BCUT2D eigenvalue weighted by Gasteiger charge is 2.35. The van der Waals surface area contributed by atoms with Crippen molar-refractivity contribution in [3.05, 3.63) is 83.6 Å². The predicted octanol–water partition coefficient (Wildman–Crippen LogP) is 6.20. The number of ether oxygens (including phenoxy) is 1. The summed E-state index contributed by atoms with van der Waals surface area (Å²) in [5.74, 6) is -0.876. The summed E-state index contributed by atoms with van der Waals surface area (Å²) in [7, 11) is 0. The van der Waals surface area contributed by atoms with Crippen molar-refractivity contribution in [1.82, 2.24) is 14.5 Å². The molecule has 1 unspecified atom stereocenters. The lowest BCUT2D eigenvalue weighted by atomic mass is 10.1. The largest absolute Gasteiger partial charge is 0.458 e. The lowest BCUT2D eigenvalue weighted by Gasteiger charge is -2.28. The summed E-state index contributed by atoms with van der Waals surface area (Å²) in [4.78, 5) is 36.4. The number of benzene rings is 1. The Hall–Kier alpha value is -4.48. The van der Waals surface area contributed by atoms with Crippen LogP contribution >= 0.6 is 0 Å². The SMILES string of the molecule is CC(C)(C)OC(=O)C1CCCN1c1ccc(NC(=O)c2cc3cc(C(F)(F)F)cnc3n2Cc2cccc(F)c2)cn1. The van der Waals surface area contributed by atoms with Gasteiger partial charge in [-0.2, -0.15) is 13.2 Å². The van der Waals surface area contributed by atoms with Crippen LogP contribution in [0.25, 0.3) is 11.0 Å². The number of carbonyl (C=O) groups is 2. The van der Waals surface area contributed by atoms with Crippen LogP contribution in [0.3, 0.4) is 0 Å². The number of nitrogens with zero attached hydrogens (tertiary/aromatic N) is 4. The molecule has 8 nitrogen and oxygen atoms in total. The van der Waals surface area contributed by atoms with E-state index in [9.17, 15) is 27.2 Å². The average molecular weight is 584 g/mol. The molecule has 4 aromatic rings. The van der Waals surface area contributed by atoms with E-state index in [0.717, 1.165) is 12.5 Å². The summed E-state index contributed by atoms with van der Waals surface area (Å²) < 4.78 is 60.9. The van der Waals surface area contributed by atoms with Crippen LogP contribution in [0.15, 0.2) is 60.9 Å². The molecule has 1 aliphatic heterocycles. The van der Waals surface area contributed by atoms with E-state index in [1.807, 2.05) is 25.7 Å². The van der Waals surface area contributed by atoms with Gasteiger partial charge >= 0.3 is 12.1 Å². The Kier molecular flexibility index (Phi) is 7.65. The fourth-order valence-corrected chi connectivity index (χ4v) is 4.95. The number of anilines is 2. The van der Waals surface area contributed by atoms with Crippen LogP contribution in [0.4, 0.5) is 29.1 Å². The van der Waals surface area contributed by atoms with Crippen LogP contribution < -0.4 is 10.2 Å². The molecule has 1 saturated heterocycles. The van der Waals surface area contributed by atoms with Gasteiger partial charge in [-0.25, -0.2) is 19.2 Å². The number of rotatable bonds is 6. The van der Waals surface area contributed by atoms with Gasteiger partial charge in [0.2, 0.25) is 0 Å². The van der Waals surface area contributed by atoms with Gasteiger partial charge in [0, 0.05) is 24.7 Å². The fraction of sp³-hybridized carbons (Fsp3) is 0.333. The molecule has 0 saturated carbocycles. The Morgan fingerprint density at radius 2 is 1.83 bits per heavy atom. The van der Waals surface area contributed by atoms with E-state index in [1.165, 1.54) is 35.0 Å². The second kappa shape index (κ2) is 11.1. The summed E-state index contributed by atoms with van der Waals surface area (Å²) in [6.07, 6.45) is -1.03. The molecule has 1 aliphatic rings. The Labute approximate surface area is 239 Å². The van der Waals surface area contributed by atoms with Crippen LogP contribution in [-0.4, -0.2) is 44.6 Å². The number of halogens is 4. The Bertz CT molecular complexity index is 1630. The van der Waals surface area contributed by atoms with Gasteiger partial charge in [0.15, 0.2) is 0 Å². The first-order valence-corrected chi connectivity index (χ1v) is 13.4. The Morgan fingerprint density at radius 3 is 2.50 bits per heavy atom. The lowest BCUT2D eigenvalue weighted by Crippen LogP contribution is -2.40. The molecular formula is C30H29F4N5O3. The molecule has 1 aromatic carbocycles. The number of carbonyl (C=O) groups excluding carboxylic acids is 2. The number of nitrogens with one attached hydrogen (secondary N) is 1. The maximum Gasteiger partial charge on any atom is 0.417 e. The zero-order valence-electron chi connectivity index (χ0n) is 23.2. The van der Waals surface area contributed by atoms with Crippen LogP contribution in [0.2, 0.25) is 0 Å². The number of fused-ring (bicyclic) bond motifs is 1. The normalized spacial score (nSPS) is 15.7. The third-order valence-corrected chi connectivity index (χ3v) is 6.76. The minimum atomic E-state index is -4.61. The van der Waals surface area contributed by atoms with Gasteiger partial charge in [-0.15, -0.1) is 0 Å². The van der Waals surface area contributed by atoms with Crippen molar-refractivity contribution in [3.63, 3.8) is 0 Å². The van der Waals surface area contributed by atoms with E-state index >= 15 is 0 Å². The van der Waals surface area contributed by atoms with Gasteiger partial charge in [-0.05, 0) is 75.6 Å². The van der Waals surface area contributed by atoms with E-state index in [4.69, 9.17) is 4.74 Å². The van der Waals surface area contributed by atoms with E-state index in [2.05, 4.69) is 15.3 Å². The summed E-state index contributed by atoms with van der Waals surface area (Å²) >= 11 is 0. The molecule has 1 amide bonds. The van der Waals surface area contributed by atoms with E-state index in [-0.39, 0.29) is 29.2 Å². The van der Waals surface area contributed by atoms with Gasteiger partial charge in [-0.1, -0.05) is 12.1 Å². The highest BCUT2D eigenvalue weighted by atomic mass is 19.4. The molecule has 0 radical (unpaired) electrons. The molecule has 5 rings (SSSR count). The number of esters is 1. The van der Waals surface area contributed by atoms with Gasteiger partial charge in [0.1, 0.15) is 34.6 Å². The number of hydrogen-bond donors (Lipinski definition) is 1.